The van der Waals surface area contributed by atoms with Gasteiger partial charge in [0.25, 0.3) is 0 Å². The number of aryl methyl sites for hydroxylation is 2. The monoisotopic (exact) mass is 445 g/mol. The predicted molar refractivity (Wildman–Crippen MR) is 117 cm³/mol. The minimum absolute atomic E-state index is 0.0183. The Morgan fingerprint density at radius 1 is 1.22 bits per heavy atom. The van der Waals surface area contributed by atoms with Gasteiger partial charge in [0.1, 0.15) is 30.6 Å². The van der Waals surface area contributed by atoms with Gasteiger partial charge in [0.2, 0.25) is 11.8 Å². The Labute approximate surface area is 188 Å². The van der Waals surface area contributed by atoms with Crippen LogP contribution in [0.2, 0.25) is 0 Å². The first-order valence-electron chi connectivity index (χ1n) is 10.9. The van der Waals surface area contributed by atoms with E-state index in [0.717, 1.165) is 24.2 Å². The minimum atomic E-state index is -0.279. The molecule has 1 fully saturated rings. The van der Waals surface area contributed by atoms with Gasteiger partial charge in [0.15, 0.2) is 0 Å². The van der Waals surface area contributed by atoms with Gasteiger partial charge >= 0.3 is 0 Å². The van der Waals surface area contributed by atoms with Crippen molar-refractivity contribution in [2.45, 2.75) is 45.7 Å². The van der Waals surface area contributed by atoms with Gasteiger partial charge in [-0.1, -0.05) is 12.1 Å². The molecule has 0 spiro atoms. The van der Waals surface area contributed by atoms with Crippen molar-refractivity contribution in [3.8, 4) is 0 Å². The Kier molecular flexibility index (Phi) is 7.95. The normalized spacial score (nSPS) is 15.6. The lowest BCUT2D eigenvalue weighted by Gasteiger charge is -2.40. The third-order valence-corrected chi connectivity index (χ3v) is 6.20. The van der Waals surface area contributed by atoms with Gasteiger partial charge in [-0.05, 0) is 56.7 Å². The Hall–Kier alpha value is -2.81. The van der Waals surface area contributed by atoms with Crippen LogP contribution in [0.15, 0.2) is 24.3 Å². The molecular weight excluding hydrogens is 413 g/mol. The summed E-state index contributed by atoms with van der Waals surface area (Å²) in [6.45, 7) is 5.10. The molecule has 2 heterocycles. The fourth-order valence-corrected chi connectivity index (χ4v) is 4.36. The number of carbonyl (C=O) groups is 2. The molecule has 32 heavy (non-hydrogen) atoms. The SMILES string of the molecule is COCC(=O)N(C)C(Cc1ccc(F)cc1)C1CCN(C(=O)Cn2nc(C)nc2C)CC1. The maximum absolute atomic E-state index is 13.3. The summed E-state index contributed by atoms with van der Waals surface area (Å²) in [6, 6.07) is 6.35. The summed E-state index contributed by atoms with van der Waals surface area (Å²) in [5, 5.41) is 4.28. The van der Waals surface area contributed by atoms with Crippen molar-refractivity contribution in [1.82, 2.24) is 24.6 Å². The molecule has 8 nitrogen and oxygen atoms in total. The smallest absolute Gasteiger partial charge is 0.248 e. The van der Waals surface area contributed by atoms with Crippen LogP contribution in [0.1, 0.15) is 30.1 Å². The summed E-state index contributed by atoms with van der Waals surface area (Å²) in [6.07, 6.45) is 2.21. The molecule has 0 N–H and O–H groups in total. The molecule has 1 aliphatic rings. The highest BCUT2D eigenvalue weighted by Gasteiger charge is 2.32. The molecule has 1 aliphatic heterocycles. The number of carbonyl (C=O) groups excluding carboxylic acids is 2. The van der Waals surface area contributed by atoms with Crippen molar-refractivity contribution < 1.29 is 18.7 Å². The van der Waals surface area contributed by atoms with Crippen LogP contribution in [0.3, 0.4) is 0 Å². The van der Waals surface area contributed by atoms with Crippen LogP contribution in [-0.4, -0.2) is 76.3 Å². The van der Waals surface area contributed by atoms with E-state index >= 15 is 0 Å². The van der Waals surface area contributed by atoms with E-state index in [0.29, 0.717) is 25.3 Å². The lowest BCUT2D eigenvalue weighted by Crippen LogP contribution is -2.49. The number of rotatable bonds is 8. The van der Waals surface area contributed by atoms with Crippen LogP contribution in [-0.2, 0) is 27.3 Å². The van der Waals surface area contributed by atoms with E-state index in [9.17, 15) is 14.0 Å². The van der Waals surface area contributed by atoms with Gasteiger partial charge in [-0.2, -0.15) is 5.10 Å². The van der Waals surface area contributed by atoms with E-state index in [4.69, 9.17) is 4.74 Å². The number of hydrogen-bond donors (Lipinski definition) is 0. The second kappa shape index (κ2) is 10.7. The van der Waals surface area contributed by atoms with E-state index in [-0.39, 0.29) is 42.7 Å². The lowest BCUT2D eigenvalue weighted by molar-refractivity contribution is -0.139. The van der Waals surface area contributed by atoms with Crippen LogP contribution >= 0.6 is 0 Å². The predicted octanol–water partition coefficient (Wildman–Crippen LogP) is 1.99. The molecule has 1 saturated heterocycles. The second-order valence-corrected chi connectivity index (χ2v) is 8.42. The van der Waals surface area contributed by atoms with E-state index in [1.54, 1.807) is 28.8 Å². The van der Waals surface area contributed by atoms with E-state index < -0.39 is 0 Å². The Bertz CT molecular complexity index is 922. The summed E-state index contributed by atoms with van der Waals surface area (Å²) >= 11 is 0. The molecule has 0 radical (unpaired) electrons. The Morgan fingerprint density at radius 3 is 2.44 bits per heavy atom. The molecular formula is C23H32FN5O3. The number of halogens is 1. The quantitative estimate of drug-likeness (QED) is 0.621. The molecule has 1 aromatic heterocycles. The van der Waals surface area contributed by atoms with Gasteiger partial charge in [-0.25, -0.2) is 14.1 Å². The molecule has 3 rings (SSSR count). The largest absolute Gasteiger partial charge is 0.375 e. The zero-order valence-electron chi connectivity index (χ0n) is 19.3. The molecule has 0 saturated carbocycles. The van der Waals surface area contributed by atoms with Crippen LogP contribution in [0, 0.1) is 25.6 Å². The molecule has 1 atom stereocenters. The fourth-order valence-electron chi connectivity index (χ4n) is 4.36. The third-order valence-electron chi connectivity index (χ3n) is 6.20. The standard InChI is InChI=1S/C23H32FN5O3/c1-16-25-17(2)29(26-16)14-22(30)28-11-9-19(10-12-28)21(27(3)23(31)15-32-4)13-18-5-7-20(24)8-6-18/h5-8,19,21H,9-15H2,1-4H3. The highest BCUT2D eigenvalue weighted by atomic mass is 19.1. The number of ether oxygens (including phenoxy) is 1. The first-order chi connectivity index (χ1) is 15.3. The van der Waals surface area contributed by atoms with E-state index in [2.05, 4.69) is 10.1 Å². The second-order valence-electron chi connectivity index (χ2n) is 8.42. The van der Waals surface area contributed by atoms with Crippen molar-refractivity contribution in [1.29, 1.82) is 0 Å². The highest BCUT2D eigenvalue weighted by Crippen LogP contribution is 2.27. The van der Waals surface area contributed by atoms with Gasteiger partial charge in [-0.3, -0.25) is 9.59 Å². The number of amides is 2. The van der Waals surface area contributed by atoms with E-state index in [1.807, 2.05) is 18.7 Å². The van der Waals surface area contributed by atoms with Gasteiger partial charge in [-0.15, -0.1) is 0 Å². The molecule has 2 amide bonds. The summed E-state index contributed by atoms with van der Waals surface area (Å²) in [5.74, 6) is 1.26. The highest BCUT2D eigenvalue weighted by molar-refractivity contribution is 5.77. The van der Waals surface area contributed by atoms with Gasteiger partial charge < -0.3 is 14.5 Å². The summed E-state index contributed by atoms with van der Waals surface area (Å²) < 4.78 is 20.0. The number of likely N-dealkylation sites (tertiary alicyclic amines) is 1. The maximum atomic E-state index is 13.3. The molecule has 2 aromatic rings. The minimum Gasteiger partial charge on any atom is -0.375 e. The molecule has 1 aromatic carbocycles. The van der Waals surface area contributed by atoms with E-state index in [1.165, 1.54) is 19.2 Å². The number of nitrogens with zero attached hydrogens (tertiary/aromatic N) is 5. The summed E-state index contributed by atoms with van der Waals surface area (Å²) in [4.78, 5) is 33.2. The van der Waals surface area contributed by atoms with Crippen LogP contribution < -0.4 is 0 Å². The lowest BCUT2D eigenvalue weighted by atomic mass is 9.85. The number of aromatic nitrogens is 3. The number of hydrogen-bond acceptors (Lipinski definition) is 5. The third kappa shape index (κ3) is 5.91. The molecule has 9 heteroatoms. The number of likely N-dealkylation sites (N-methyl/N-ethyl adjacent to an activating group) is 1. The molecule has 174 valence electrons. The van der Waals surface area contributed by atoms with Crippen molar-refractivity contribution in [3.63, 3.8) is 0 Å². The van der Waals surface area contributed by atoms with Crippen LogP contribution in [0.25, 0.3) is 0 Å². The van der Waals surface area contributed by atoms with Crippen molar-refractivity contribution in [2.24, 2.45) is 5.92 Å². The number of methoxy groups -OCH3 is 1. The number of piperidine rings is 1. The van der Waals surface area contributed by atoms with Crippen LogP contribution in [0.5, 0.6) is 0 Å². The average Bonchev–Trinajstić information content (AvgIpc) is 3.09. The maximum Gasteiger partial charge on any atom is 0.248 e. The molecule has 0 aliphatic carbocycles. The zero-order valence-corrected chi connectivity index (χ0v) is 19.3. The number of benzene rings is 1. The first kappa shape index (κ1) is 23.8. The van der Waals surface area contributed by atoms with Crippen molar-refractivity contribution >= 4 is 11.8 Å². The zero-order chi connectivity index (χ0) is 23.3. The average molecular weight is 446 g/mol. The molecule has 1 unspecified atom stereocenters. The topological polar surface area (TPSA) is 80.6 Å². The summed E-state index contributed by atoms with van der Waals surface area (Å²) in [7, 11) is 3.30. The van der Waals surface area contributed by atoms with Gasteiger partial charge in [0.05, 0.1) is 0 Å². The Balaban J connectivity index is 1.65. The first-order valence-corrected chi connectivity index (χ1v) is 10.9. The summed E-state index contributed by atoms with van der Waals surface area (Å²) in [5.41, 5.74) is 0.976. The Morgan fingerprint density at radius 2 is 1.88 bits per heavy atom. The van der Waals surface area contributed by atoms with Crippen LogP contribution in [0.4, 0.5) is 4.39 Å². The fraction of sp³-hybridized carbons (Fsp3) is 0.565. The molecule has 0 bridgehead atoms. The van der Waals surface area contributed by atoms with Crippen molar-refractivity contribution in [3.05, 3.63) is 47.3 Å². The van der Waals surface area contributed by atoms with Gasteiger partial charge in [0, 0.05) is 33.3 Å². The van der Waals surface area contributed by atoms with Crippen molar-refractivity contribution in [2.75, 3.05) is 33.9 Å².